The average molecular weight is 192 g/mol. The molecule has 6 nitrogen and oxygen atoms in total. The SMILES string of the molecule is Cc1ccc2nc(N)c(C(=O)O)n2n1. The molecule has 0 saturated heterocycles. The molecule has 0 amide bonds. The number of aromatic nitrogens is 3. The van der Waals surface area contributed by atoms with Gasteiger partial charge in [0.1, 0.15) is 0 Å². The minimum Gasteiger partial charge on any atom is -0.476 e. The number of imidazole rings is 1. The highest BCUT2D eigenvalue weighted by molar-refractivity contribution is 5.92. The van der Waals surface area contributed by atoms with Crippen LogP contribution in [0.2, 0.25) is 0 Å². The van der Waals surface area contributed by atoms with Gasteiger partial charge in [-0.05, 0) is 19.1 Å². The van der Waals surface area contributed by atoms with E-state index in [1.54, 1.807) is 19.1 Å². The number of anilines is 1. The summed E-state index contributed by atoms with van der Waals surface area (Å²) in [5, 5.41) is 12.9. The van der Waals surface area contributed by atoms with Gasteiger partial charge in [-0.15, -0.1) is 0 Å². The van der Waals surface area contributed by atoms with Gasteiger partial charge in [-0.1, -0.05) is 0 Å². The van der Waals surface area contributed by atoms with Crippen molar-refractivity contribution in [1.29, 1.82) is 0 Å². The summed E-state index contributed by atoms with van der Waals surface area (Å²) in [6.07, 6.45) is 0. The first-order valence-electron chi connectivity index (χ1n) is 3.95. The molecule has 14 heavy (non-hydrogen) atoms. The van der Waals surface area contributed by atoms with Crippen molar-refractivity contribution in [3.05, 3.63) is 23.5 Å². The number of nitrogen functional groups attached to an aromatic ring is 1. The van der Waals surface area contributed by atoms with Crippen LogP contribution in [0.5, 0.6) is 0 Å². The van der Waals surface area contributed by atoms with Gasteiger partial charge in [0.05, 0.1) is 5.69 Å². The number of carbonyl (C=O) groups is 1. The van der Waals surface area contributed by atoms with Crippen molar-refractivity contribution in [3.63, 3.8) is 0 Å². The Bertz CT molecular complexity index is 517. The maximum absolute atomic E-state index is 10.8. The number of fused-ring (bicyclic) bond motifs is 1. The molecule has 0 aliphatic rings. The zero-order chi connectivity index (χ0) is 10.3. The highest BCUT2D eigenvalue weighted by Gasteiger charge is 2.16. The Hall–Kier alpha value is -2.11. The monoisotopic (exact) mass is 192 g/mol. The first-order chi connectivity index (χ1) is 6.59. The molecule has 0 radical (unpaired) electrons. The second-order valence-corrected chi connectivity index (χ2v) is 2.90. The summed E-state index contributed by atoms with van der Waals surface area (Å²) in [4.78, 5) is 14.7. The molecule has 2 aromatic heterocycles. The third kappa shape index (κ3) is 1.08. The zero-order valence-electron chi connectivity index (χ0n) is 7.43. The van der Waals surface area contributed by atoms with Crippen LogP contribution in [0.25, 0.3) is 5.65 Å². The van der Waals surface area contributed by atoms with Crippen LogP contribution in [0.15, 0.2) is 12.1 Å². The number of aryl methyl sites for hydroxylation is 1. The number of carboxylic acids is 1. The van der Waals surface area contributed by atoms with E-state index in [1.165, 1.54) is 4.52 Å². The summed E-state index contributed by atoms with van der Waals surface area (Å²) in [6.45, 7) is 1.77. The lowest BCUT2D eigenvalue weighted by atomic mass is 10.4. The highest BCUT2D eigenvalue weighted by atomic mass is 16.4. The summed E-state index contributed by atoms with van der Waals surface area (Å²) < 4.78 is 1.23. The molecule has 0 aromatic carbocycles. The summed E-state index contributed by atoms with van der Waals surface area (Å²) in [5.74, 6) is -1.15. The largest absolute Gasteiger partial charge is 0.476 e. The van der Waals surface area contributed by atoms with E-state index in [0.717, 1.165) is 0 Å². The number of hydrogen-bond donors (Lipinski definition) is 2. The summed E-state index contributed by atoms with van der Waals surface area (Å²) in [6, 6.07) is 3.42. The second-order valence-electron chi connectivity index (χ2n) is 2.90. The summed E-state index contributed by atoms with van der Waals surface area (Å²) in [5.41, 5.74) is 6.50. The minimum atomic E-state index is -1.13. The number of hydrogen-bond acceptors (Lipinski definition) is 4. The van der Waals surface area contributed by atoms with E-state index in [4.69, 9.17) is 10.8 Å². The molecule has 0 spiro atoms. The smallest absolute Gasteiger partial charge is 0.358 e. The van der Waals surface area contributed by atoms with Crippen LogP contribution in [0.1, 0.15) is 16.2 Å². The third-order valence-electron chi connectivity index (χ3n) is 1.84. The predicted octanol–water partition coefficient (Wildman–Crippen LogP) is 0.318. The Morgan fingerprint density at radius 2 is 2.29 bits per heavy atom. The highest BCUT2D eigenvalue weighted by Crippen LogP contribution is 2.13. The molecule has 2 aromatic rings. The van der Waals surface area contributed by atoms with Crippen molar-refractivity contribution in [2.24, 2.45) is 0 Å². The Morgan fingerprint density at radius 3 is 2.93 bits per heavy atom. The van der Waals surface area contributed by atoms with Gasteiger partial charge in [0, 0.05) is 0 Å². The Kier molecular flexibility index (Phi) is 1.63. The van der Waals surface area contributed by atoms with Gasteiger partial charge in [0.2, 0.25) is 0 Å². The molecule has 0 fully saturated rings. The predicted molar refractivity (Wildman–Crippen MR) is 49.1 cm³/mol. The van der Waals surface area contributed by atoms with E-state index in [0.29, 0.717) is 11.3 Å². The molecule has 2 rings (SSSR count). The molecule has 0 aliphatic heterocycles. The molecule has 6 heteroatoms. The van der Waals surface area contributed by atoms with Crippen LogP contribution in [0, 0.1) is 6.92 Å². The fourth-order valence-corrected chi connectivity index (χ4v) is 1.24. The lowest BCUT2D eigenvalue weighted by molar-refractivity contribution is 0.0689. The van der Waals surface area contributed by atoms with Gasteiger partial charge in [0.25, 0.3) is 0 Å². The fraction of sp³-hybridized carbons (Fsp3) is 0.125. The van der Waals surface area contributed by atoms with Gasteiger partial charge < -0.3 is 10.8 Å². The van der Waals surface area contributed by atoms with Crippen LogP contribution in [-0.4, -0.2) is 25.7 Å². The average Bonchev–Trinajstić information content (AvgIpc) is 2.40. The Balaban J connectivity index is 2.86. The molecule has 2 heterocycles. The number of rotatable bonds is 1. The molecule has 72 valence electrons. The van der Waals surface area contributed by atoms with Crippen molar-refractivity contribution in [3.8, 4) is 0 Å². The Morgan fingerprint density at radius 1 is 1.57 bits per heavy atom. The fourth-order valence-electron chi connectivity index (χ4n) is 1.24. The summed E-state index contributed by atoms with van der Waals surface area (Å²) >= 11 is 0. The molecular formula is C8H8N4O2. The maximum atomic E-state index is 10.8. The molecule has 0 saturated carbocycles. The molecule has 0 aliphatic carbocycles. The number of nitrogens with zero attached hydrogens (tertiary/aromatic N) is 3. The van der Waals surface area contributed by atoms with E-state index < -0.39 is 5.97 Å². The van der Waals surface area contributed by atoms with Gasteiger partial charge in [0.15, 0.2) is 17.2 Å². The maximum Gasteiger partial charge on any atom is 0.358 e. The van der Waals surface area contributed by atoms with E-state index in [1.807, 2.05) is 0 Å². The molecule has 3 N–H and O–H groups in total. The van der Waals surface area contributed by atoms with E-state index in [-0.39, 0.29) is 11.5 Å². The normalized spacial score (nSPS) is 10.6. The van der Waals surface area contributed by atoms with Crippen LogP contribution in [-0.2, 0) is 0 Å². The number of carboxylic acid groups (broad SMARTS) is 1. The Labute approximate surface area is 79.0 Å². The molecule has 0 unspecified atom stereocenters. The number of nitrogens with two attached hydrogens (primary N) is 1. The standard InChI is InChI=1S/C8H8N4O2/c1-4-2-3-5-10-7(9)6(8(13)14)12(5)11-4/h2-3H,9H2,1H3,(H,13,14). The topological polar surface area (TPSA) is 93.5 Å². The van der Waals surface area contributed by atoms with Crippen LogP contribution >= 0.6 is 0 Å². The van der Waals surface area contributed by atoms with Crippen molar-refractivity contribution in [2.45, 2.75) is 6.92 Å². The zero-order valence-corrected chi connectivity index (χ0v) is 7.43. The molecule has 0 atom stereocenters. The second kappa shape index (κ2) is 2.69. The van der Waals surface area contributed by atoms with Crippen LogP contribution < -0.4 is 5.73 Å². The first-order valence-corrected chi connectivity index (χ1v) is 3.95. The van der Waals surface area contributed by atoms with Gasteiger partial charge in [-0.25, -0.2) is 14.3 Å². The lowest BCUT2D eigenvalue weighted by Crippen LogP contribution is -2.07. The van der Waals surface area contributed by atoms with Gasteiger partial charge in [-0.2, -0.15) is 5.10 Å². The van der Waals surface area contributed by atoms with Crippen molar-refractivity contribution in [2.75, 3.05) is 5.73 Å². The van der Waals surface area contributed by atoms with Gasteiger partial charge >= 0.3 is 5.97 Å². The van der Waals surface area contributed by atoms with Crippen molar-refractivity contribution in [1.82, 2.24) is 14.6 Å². The number of aromatic carboxylic acids is 1. The molecular weight excluding hydrogens is 184 g/mol. The van der Waals surface area contributed by atoms with Crippen LogP contribution in [0.4, 0.5) is 5.82 Å². The van der Waals surface area contributed by atoms with E-state index in [2.05, 4.69) is 10.1 Å². The summed E-state index contributed by atoms with van der Waals surface area (Å²) in [7, 11) is 0. The van der Waals surface area contributed by atoms with Crippen molar-refractivity contribution < 1.29 is 9.90 Å². The van der Waals surface area contributed by atoms with Crippen molar-refractivity contribution >= 4 is 17.4 Å². The van der Waals surface area contributed by atoms with Crippen LogP contribution in [0.3, 0.4) is 0 Å². The van der Waals surface area contributed by atoms with E-state index >= 15 is 0 Å². The van der Waals surface area contributed by atoms with Gasteiger partial charge in [-0.3, -0.25) is 0 Å². The third-order valence-corrected chi connectivity index (χ3v) is 1.84. The quantitative estimate of drug-likeness (QED) is 0.678. The van der Waals surface area contributed by atoms with E-state index in [9.17, 15) is 4.79 Å². The lowest BCUT2D eigenvalue weighted by Gasteiger charge is -1.96. The first kappa shape index (κ1) is 8.49. The molecule has 0 bridgehead atoms. The minimum absolute atomic E-state index is 0.0180.